The van der Waals surface area contributed by atoms with E-state index in [2.05, 4.69) is 10.4 Å². The van der Waals surface area contributed by atoms with Crippen molar-refractivity contribution in [2.75, 3.05) is 25.1 Å². The van der Waals surface area contributed by atoms with Crippen molar-refractivity contribution in [1.82, 2.24) is 24.5 Å². The van der Waals surface area contributed by atoms with Crippen LogP contribution in [0.15, 0.2) is 42.1 Å². The molecule has 0 spiro atoms. The van der Waals surface area contributed by atoms with Crippen LogP contribution in [0.25, 0.3) is 5.57 Å². The van der Waals surface area contributed by atoms with Crippen LogP contribution in [-0.2, 0) is 29.5 Å². The predicted molar refractivity (Wildman–Crippen MR) is 120 cm³/mol. The van der Waals surface area contributed by atoms with E-state index in [1.54, 1.807) is 48.1 Å². The first-order valence-electron chi connectivity index (χ1n) is 10.7. The first kappa shape index (κ1) is 22.5. The zero-order valence-electron chi connectivity index (χ0n) is 18.9. The third-order valence-electron chi connectivity index (χ3n) is 5.81. The van der Waals surface area contributed by atoms with Gasteiger partial charge < -0.3 is 15.0 Å². The lowest BCUT2D eigenvalue weighted by Gasteiger charge is -2.31. The van der Waals surface area contributed by atoms with Crippen molar-refractivity contribution in [1.29, 1.82) is 5.26 Å². The minimum atomic E-state index is -0.428. The number of rotatable bonds is 6. The summed E-state index contributed by atoms with van der Waals surface area (Å²) in [7, 11) is 1.78. The van der Waals surface area contributed by atoms with Crippen LogP contribution in [0.3, 0.4) is 0 Å². The summed E-state index contributed by atoms with van der Waals surface area (Å²) in [6, 6.07) is 2.16. The number of allylic oxidation sites excluding steroid dienone is 5. The van der Waals surface area contributed by atoms with Crippen LogP contribution < -0.4 is 5.32 Å². The number of hydrogen-bond donors (Lipinski definition) is 1. The van der Waals surface area contributed by atoms with E-state index in [9.17, 15) is 9.18 Å². The lowest BCUT2D eigenvalue weighted by molar-refractivity contribution is -0.129. The lowest BCUT2D eigenvalue weighted by atomic mass is 10.1. The molecule has 1 amide bonds. The molecule has 4 heterocycles. The number of nitrogens with one attached hydrogen (secondary N) is 1. The molecule has 33 heavy (non-hydrogen) atoms. The van der Waals surface area contributed by atoms with Crippen molar-refractivity contribution in [2.45, 2.75) is 32.9 Å². The molecule has 2 aromatic heterocycles. The van der Waals surface area contributed by atoms with Gasteiger partial charge in [0.15, 0.2) is 5.82 Å². The standard InChI is InChI=1S/C23H26FN7O2/c1-15(24)21(5-4-17(6-8-25)18-10-26-29(3)11-18)27-23-20-12-30(16(2)32)9-7-22(20)31(28-23)19-13-33-14-19/h4-6,10-11,19H,7,9,12-14H2,1-3H3,(H,27,28)/b5-4-,17-6-,21-15-. The Labute approximate surface area is 191 Å². The summed E-state index contributed by atoms with van der Waals surface area (Å²) in [6.45, 7) is 5.11. The Hall–Kier alpha value is -3.71. The summed E-state index contributed by atoms with van der Waals surface area (Å²) < 4.78 is 23.4. The molecule has 0 aromatic carbocycles. The highest BCUT2D eigenvalue weighted by molar-refractivity contribution is 5.76. The summed E-state index contributed by atoms with van der Waals surface area (Å²) in [5.74, 6) is 0.0846. The second kappa shape index (κ2) is 9.42. The Morgan fingerprint density at radius 3 is 2.73 bits per heavy atom. The van der Waals surface area contributed by atoms with E-state index in [1.165, 1.54) is 13.0 Å². The van der Waals surface area contributed by atoms with E-state index in [-0.39, 0.29) is 17.6 Å². The van der Waals surface area contributed by atoms with Crippen LogP contribution >= 0.6 is 0 Å². The van der Waals surface area contributed by atoms with Crippen LogP contribution in [0.5, 0.6) is 0 Å². The van der Waals surface area contributed by atoms with Crippen LogP contribution in [-0.4, -0.2) is 50.1 Å². The quantitative estimate of drug-likeness (QED) is 0.535. The number of carbonyl (C=O) groups is 1. The maximum absolute atomic E-state index is 14.5. The monoisotopic (exact) mass is 451 g/mol. The highest BCUT2D eigenvalue weighted by atomic mass is 19.1. The Morgan fingerprint density at radius 2 is 2.15 bits per heavy atom. The van der Waals surface area contributed by atoms with Crippen molar-refractivity contribution in [2.24, 2.45) is 7.05 Å². The number of nitrogens with zero attached hydrogens (tertiary/aromatic N) is 6. The molecular formula is C23H26FN7O2. The van der Waals surface area contributed by atoms with Crippen molar-refractivity contribution in [3.63, 3.8) is 0 Å². The van der Waals surface area contributed by atoms with E-state index in [0.717, 1.165) is 16.8 Å². The first-order chi connectivity index (χ1) is 15.9. The number of fused-ring (bicyclic) bond motifs is 1. The van der Waals surface area contributed by atoms with Crippen molar-refractivity contribution in [3.05, 3.63) is 59.0 Å². The molecule has 0 atom stereocenters. The molecule has 10 heteroatoms. The van der Waals surface area contributed by atoms with Gasteiger partial charge in [-0.05, 0) is 18.6 Å². The molecule has 0 unspecified atom stereocenters. The molecule has 0 saturated carbocycles. The van der Waals surface area contributed by atoms with Gasteiger partial charge in [0, 0.05) is 56.0 Å². The third-order valence-corrected chi connectivity index (χ3v) is 5.81. The van der Waals surface area contributed by atoms with Gasteiger partial charge in [-0.2, -0.15) is 15.5 Å². The minimum Gasteiger partial charge on any atom is -0.377 e. The number of aromatic nitrogens is 4. The fraction of sp³-hybridized carbons (Fsp3) is 0.391. The lowest BCUT2D eigenvalue weighted by Crippen LogP contribution is -2.37. The topological polar surface area (TPSA) is 101 Å². The Kier molecular flexibility index (Phi) is 6.42. The highest BCUT2D eigenvalue weighted by Gasteiger charge is 2.31. The van der Waals surface area contributed by atoms with Gasteiger partial charge in [0.25, 0.3) is 0 Å². The number of anilines is 1. The number of carbonyl (C=O) groups excluding carboxylic acids is 1. The molecular weight excluding hydrogens is 425 g/mol. The zero-order valence-corrected chi connectivity index (χ0v) is 18.9. The van der Waals surface area contributed by atoms with Gasteiger partial charge in [0.2, 0.25) is 5.91 Å². The maximum atomic E-state index is 14.5. The average molecular weight is 452 g/mol. The fourth-order valence-electron chi connectivity index (χ4n) is 3.89. The summed E-state index contributed by atoms with van der Waals surface area (Å²) >= 11 is 0. The first-order valence-corrected chi connectivity index (χ1v) is 10.7. The van der Waals surface area contributed by atoms with Gasteiger partial charge in [-0.3, -0.25) is 14.2 Å². The van der Waals surface area contributed by atoms with Gasteiger partial charge in [-0.25, -0.2) is 4.39 Å². The second-order valence-corrected chi connectivity index (χ2v) is 8.14. The molecule has 2 aliphatic heterocycles. The molecule has 2 aromatic rings. The Bertz CT molecular complexity index is 1190. The molecule has 0 aliphatic carbocycles. The SMILES string of the molecule is CC(=O)N1CCc2c(c(NC(/C=C\C(=C\C#N)c3cnn(C)c3)=C(/C)F)nn2C2COC2)C1. The van der Waals surface area contributed by atoms with Gasteiger partial charge in [0.05, 0.1) is 43.8 Å². The van der Waals surface area contributed by atoms with Gasteiger partial charge >= 0.3 is 0 Å². The Morgan fingerprint density at radius 1 is 1.36 bits per heavy atom. The summed E-state index contributed by atoms with van der Waals surface area (Å²) in [4.78, 5) is 13.7. The molecule has 1 fully saturated rings. The van der Waals surface area contributed by atoms with Crippen molar-refractivity contribution in [3.8, 4) is 6.07 Å². The highest BCUT2D eigenvalue weighted by Crippen LogP contribution is 2.32. The van der Waals surface area contributed by atoms with Crippen LogP contribution in [0.4, 0.5) is 10.2 Å². The smallest absolute Gasteiger partial charge is 0.219 e. The largest absolute Gasteiger partial charge is 0.377 e. The Balaban J connectivity index is 1.64. The van der Waals surface area contributed by atoms with Crippen molar-refractivity contribution < 1.29 is 13.9 Å². The van der Waals surface area contributed by atoms with E-state index in [4.69, 9.17) is 15.1 Å². The van der Waals surface area contributed by atoms with E-state index >= 15 is 0 Å². The molecule has 0 radical (unpaired) electrons. The zero-order chi connectivity index (χ0) is 23.5. The van der Waals surface area contributed by atoms with Crippen LogP contribution in [0, 0.1) is 11.3 Å². The number of aryl methyl sites for hydroxylation is 1. The second-order valence-electron chi connectivity index (χ2n) is 8.14. The molecule has 1 N–H and O–H groups in total. The van der Waals surface area contributed by atoms with E-state index in [1.807, 2.05) is 10.8 Å². The summed E-state index contributed by atoms with van der Waals surface area (Å²) in [5.41, 5.74) is 3.50. The fourth-order valence-corrected chi connectivity index (χ4v) is 3.89. The normalized spacial score (nSPS) is 17.4. The molecule has 4 rings (SSSR count). The number of halogens is 1. The van der Waals surface area contributed by atoms with Crippen LogP contribution in [0.1, 0.15) is 36.7 Å². The number of ether oxygens (including phenoxy) is 1. The molecule has 2 aliphatic rings. The average Bonchev–Trinajstić information content (AvgIpc) is 3.32. The van der Waals surface area contributed by atoms with E-state index in [0.29, 0.717) is 44.1 Å². The molecule has 172 valence electrons. The number of hydrogen-bond acceptors (Lipinski definition) is 6. The number of amides is 1. The number of nitriles is 1. The van der Waals surface area contributed by atoms with Crippen LogP contribution in [0.2, 0.25) is 0 Å². The molecule has 9 nitrogen and oxygen atoms in total. The summed E-state index contributed by atoms with van der Waals surface area (Å²) in [6.07, 6.45) is 8.73. The maximum Gasteiger partial charge on any atom is 0.219 e. The molecule has 0 bridgehead atoms. The molecule has 1 saturated heterocycles. The van der Waals surface area contributed by atoms with Gasteiger partial charge in [-0.15, -0.1) is 0 Å². The van der Waals surface area contributed by atoms with E-state index < -0.39 is 5.83 Å². The summed E-state index contributed by atoms with van der Waals surface area (Å²) in [5, 5.41) is 21.1. The minimum absolute atomic E-state index is 0.00795. The van der Waals surface area contributed by atoms with Gasteiger partial charge in [0.1, 0.15) is 5.83 Å². The van der Waals surface area contributed by atoms with Gasteiger partial charge in [-0.1, -0.05) is 6.08 Å². The third kappa shape index (κ3) is 4.73. The predicted octanol–water partition coefficient (Wildman–Crippen LogP) is 2.87. The van der Waals surface area contributed by atoms with Crippen molar-refractivity contribution >= 4 is 17.3 Å².